The maximum atomic E-state index is 14.1. The first kappa shape index (κ1) is 28.1. The van der Waals surface area contributed by atoms with Gasteiger partial charge in [-0.15, -0.1) is 0 Å². The van der Waals surface area contributed by atoms with Crippen LogP contribution in [-0.2, 0) is 13.0 Å². The highest BCUT2D eigenvalue weighted by Crippen LogP contribution is 2.41. The van der Waals surface area contributed by atoms with Crippen LogP contribution in [-0.4, -0.2) is 58.4 Å². The van der Waals surface area contributed by atoms with E-state index < -0.39 is 11.9 Å². The molecule has 10 heteroatoms. The van der Waals surface area contributed by atoms with Crippen molar-refractivity contribution in [1.82, 2.24) is 20.0 Å². The number of amides is 2. The monoisotopic (exact) mass is 582 g/mol. The summed E-state index contributed by atoms with van der Waals surface area (Å²) in [6.45, 7) is 5.59. The number of aryl methyl sites for hydroxylation is 2. The fraction of sp³-hybridized carbons (Fsp3) is 0.303. The van der Waals surface area contributed by atoms with E-state index in [2.05, 4.69) is 10.4 Å². The standard InChI is InChI=1S/C33H34N4O6/c1-4-37-27(16-20(2)35-37)33(40)36-14-12-21-17-23-7-9-25(21)31(36)22-6-11-29(41-3)30(18-22)42-15-5-13-34-32(39)26-19-24(43-23)8-10-28(26)38/h6-11,16-19,31,38H,4-5,12-15H2,1-3H3,(H,34,39). The van der Waals surface area contributed by atoms with Gasteiger partial charge in [0, 0.05) is 19.6 Å². The van der Waals surface area contributed by atoms with E-state index in [0.717, 1.165) is 22.4 Å². The van der Waals surface area contributed by atoms with E-state index >= 15 is 0 Å². The summed E-state index contributed by atoms with van der Waals surface area (Å²) in [5.74, 6) is 1.52. The van der Waals surface area contributed by atoms with Gasteiger partial charge in [-0.25, -0.2) is 0 Å². The van der Waals surface area contributed by atoms with Crippen LogP contribution in [0.2, 0.25) is 0 Å². The molecule has 1 atom stereocenters. The van der Waals surface area contributed by atoms with Crippen LogP contribution in [0.1, 0.15) is 62.6 Å². The molecular weight excluding hydrogens is 548 g/mol. The summed E-state index contributed by atoms with van der Waals surface area (Å²) in [7, 11) is 1.59. The minimum Gasteiger partial charge on any atom is -0.507 e. The number of phenols is 1. The van der Waals surface area contributed by atoms with Crippen molar-refractivity contribution in [2.45, 2.75) is 39.3 Å². The highest BCUT2D eigenvalue weighted by molar-refractivity contribution is 5.97. The van der Waals surface area contributed by atoms with Crippen molar-refractivity contribution in [2.24, 2.45) is 0 Å². The normalized spacial score (nSPS) is 16.4. The molecular formula is C33H34N4O6. The predicted molar refractivity (Wildman–Crippen MR) is 159 cm³/mol. The number of methoxy groups -OCH3 is 1. The van der Waals surface area contributed by atoms with Crippen LogP contribution < -0.4 is 19.5 Å². The second-order valence-electron chi connectivity index (χ2n) is 10.6. The first-order valence-electron chi connectivity index (χ1n) is 14.4. The molecule has 3 aliphatic heterocycles. The second kappa shape index (κ2) is 11.7. The maximum Gasteiger partial charge on any atom is 0.272 e. The van der Waals surface area contributed by atoms with Crippen LogP contribution in [0.4, 0.5) is 0 Å². The Hall–Kier alpha value is -4.99. The number of nitrogens with zero attached hydrogens (tertiary/aromatic N) is 3. The number of carbonyl (C=O) groups is 2. The number of aromatic nitrogens is 2. The SMILES string of the molecule is CCn1nc(C)cc1C(=O)N1CCc2cc3ccc2C1c1ccc(OC)c(c1)OCCCNC(=O)c1cc(ccc1O)O3. The predicted octanol–water partition coefficient (Wildman–Crippen LogP) is 5.02. The number of aromatic hydroxyl groups is 1. The van der Waals surface area contributed by atoms with Crippen molar-refractivity contribution in [3.05, 3.63) is 94.3 Å². The number of hydrogen-bond acceptors (Lipinski definition) is 7. The minimum absolute atomic E-state index is 0.0915. The molecule has 0 spiro atoms. The number of benzene rings is 3. The molecule has 3 aromatic carbocycles. The van der Waals surface area contributed by atoms with Crippen LogP contribution in [0.5, 0.6) is 28.7 Å². The summed E-state index contributed by atoms with van der Waals surface area (Å²) >= 11 is 0. The van der Waals surface area contributed by atoms with Crippen molar-refractivity contribution in [3.63, 3.8) is 0 Å². The molecule has 2 amide bonds. The molecule has 10 nitrogen and oxygen atoms in total. The van der Waals surface area contributed by atoms with Gasteiger partial charge in [0.05, 0.1) is 31.0 Å². The van der Waals surface area contributed by atoms with Gasteiger partial charge in [-0.1, -0.05) is 12.1 Å². The minimum atomic E-state index is -0.402. The lowest BCUT2D eigenvalue weighted by Gasteiger charge is -2.38. The third kappa shape index (κ3) is 5.48. The average Bonchev–Trinajstić information content (AvgIpc) is 3.40. The lowest BCUT2D eigenvalue weighted by Crippen LogP contribution is -2.41. The smallest absolute Gasteiger partial charge is 0.272 e. The summed E-state index contributed by atoms with van der Waals surface area (Å²) in [6, 6.07) is 17.6. The Morgan fingerprint density at radius 1 is 1.12 bits per heavy atom. The molecule has 43 heavy (non-hydrogen) atoms. The third-order valence-electron chi connectivity index (χ3n) is 7.84. The summed E-state index contributed by atoms with van der Waals surface area (Å²) in [6.07, 6.45) is 1.15. The van der Waals surface area contributed by atoms with Gasteiger partial charge in [0.2, 0.25) is 0 Å². The van der Waals surface area contributed by atoms with E-state index in [1.165, 1.54) is 12.1 Å². The summed E-state index contributed by atoms with van der Waals surface area (Å²) in [5.41, 5.74) is 4.39. The zero-order valence-corrected chi connectivity index (χ0v) is 24.4. The number of phenolic OH excluding ortho intramolecular Hbond substituents is 1. The molecule has 7 rings (SSSR count). The number of carbonyl (C=O) groups excluding carboxylic acids is 2. The number of fused-ring (bicyclic) bond motifs is 6. The van der Waals surface area contributed by atoms with Crippen LogP contribution in [0.15, 0.2) is 60.7 Å². The Morgan fingerprint density at radius 2 is 1.93 bits per heavy atom. The van der Waals surface area contributed by atoms with Crippen molar-refractivity contribution in [3.8, 4) is 28.7 Å². The van der Waals surface area contributed by atoms with Crippen molar-refractivity contribution >= 4 is 11.8 Å². The van der Waals surface area contributed by atoms with Crippen LogP contribution >= 0.6 is 0 Å². The van der Waals surface area contributed by atoms with E-state index in [0.29, 0.717) is 67.8 Å². The largest absolute Gasteiger partial charge is 0.507 e. The molecule has 0 saturated heterocycles. The topological polar surface area (TPSA) is 115 Å². The van der Waals surface area contributed by atoms with Gasteiger partial charge < -0.3 is 29.5 Å². The Kier molecular flexibility index (Phi) is 7.67. The molecule has 1 aromatic heterocycles. The first-order chi connectivity index (χ1) is 20.9. The molecule has 0 saturated carbocycles. The number of rotatable bonds is 3. The highest BCUT2D eigenvalue weighted by Gasteiger charge is 2.35. The quantitative estimate of drug-likeness (QED) is 0.349. The molecule has 4 aromatic rings. The van der Waals surface area contributed by atoms with E-state index in [-0.39, 0.29) is 17.2 Å². The summed E-state index contributed by atoms with van der Waals surface area (Å²) in [4.78, 5) is 28.8. The van der Waals surface area contributed by atoms with Gasteiger partial charge in [-0.3, -0.25) is 14.3 Å². The molecule has 1 unspecified atom stereocenters. The van der Waals surface area contributed by atoms with E-state index in [1.54, 1.807) is 17.9 Å². The third-order valence-corrected chi connectivity index (χ3v) is 7.84. The zero-order valence-electron chi connectivity index (χ0n) is 24.4. The van der Waals surface area contributed by atoms with Crippen molar-refractivity contribution < 1.29 is 28.9 Å². The number of nitrogens with one attached hydrogen (secondary N) is 1. The van der Waals surface area contributed by atoms with Gasteiger partial charge in [-0.2, -0.15) is 5.10 Å². The van der Waals surface area contributed by atoms with Gasteiger partial charge in [-0.05, 0) is 91.9 Å². The fourth-order valence-electron chi connectivity index (χ4n) is 5.78. The molecule has 0 fully saturated rings. The van der Waals surface area contributed by atoms with Crippen LogP contribution in [0, 0.1) is 6.92 Å². The fourth-order valence-corrected chi connectivity index (χ4v) is 5.78. The summed E-state index contributed by atoms with van der Waals surface area (Å²) < 4.78 is 19.6. The van der Waals surface area contributed by atoms with Gasteiger partial charge in [0.1, 0.15) is 22.9 Å². The molecule has 3 aliphatic rings. The number of ether oxygens (including phenoxy) is 3. The molecule has 0 radical (unpaired) electrons. The van der Waals surface area contributed by atoms with Gasteiger partial charge in [0.25, 0.3) is 11.8 Å². The van der Waals surface area contributed by atoms with Gasteiger partial charge in [0.15, 0.2) is 11.5 Å². The molecule has 222 valence electrons. The lowest BCUT2D eigenvalue weighted by atomic mass is 9.87. The average molecular weight is 583 g/mol. The van der Waals surface area contributed by atoms with Crippen molar-refractivity contribution in [2.75, 3.05) is 26.8 Å². The molecule has 8 bridgehead atoms. The second-order valence-corrected chi connectivity index (χ2v) is 10.6. The lowest BCUT2D eigenvalue weighted by molar-refractivity contribution is 0.0681. The van der Waals surface area contributed by atoms with E-state index in [9.17, 15) is 14.7 Å². The maximum absolute atomic E-state index is 14.1. The zero-order chi connectivity index (χ0) is 30.1. The Balaban J connectivity index is 1.47. The summed E-state index contributed by atoms with van der Waals surface area (Å²) in [5, 5.41) is 17.7. The van der Waals surface area contributed by atoms with E-state index in [4.69, 9.17) is 14.2 Å². The van der Waals surface area contributed by atoms with Crippen LogP contribution in [0.25, 0.3) is 0 Å². The van der Waals surface area contributed by atoms with Crippen LogP contribution in [0.3, 0.4) is 0 Å². The number of hydrogen-bond donors (Lipinski definition) is 2. The first-order valence-corrected chi connectivity index (χ1v) is 14.4. The Morgan fingerprint density at radius 3 is 2.74 bits per heavy atom. The molecule has 2 N–H and O–H groups in total. The highest BCUT2D eigenvalue weighted by atomic mass is 16.5. The van der Waals surface area contributed by atoms with Crippen molar-refractivity contribution in [1.29, 1.82) is 0 Å². The molecule has 0 aliphatic carbocycles. The van der Waals surface area contributed by atoms with E-state index in [1.807, 2.05) is 61.2 Å². The van der Waals surface area contributed by atoms with Gasteiger partial charge >= 0.3 is 0 Å². The Labute approximate surface area is 249 Å². The Bertz CT molecular complexity index is 1700. The molecule has 4 heterocycles.